The van der Waals surface area contributed by atoms with Crippen molar-refractivity contribution in [3.8, 4) is 5.95 Å². The number of esters is 2. The van der Waals surface area contributed by atoms with Crippen LogP contribution < -0.4 is 4.74 Å². The van der Waals surface area contributed by atoms with Crippen LogP contribution in [-0.2, 0) is 28.4 Å². The van der Waals surface area contributed by atoms with Gasteiger partial charge in [-0.1, -0.05) is 77.3 Å². The van der Waals surface area contributed by atoms with Gasteiger partial charge in [-0.05, 0) is 103 Å². The highest BCUT2D eigenvalue weighted by atomic mass is 16.8. The van der Waals surface area contributed by atoms with E-state index in [1.807, 2.05) is 124 Å². The van der Waals surface area contributed by atoms with Gasteiger partial charge in [0.25, 0.3) is 5.95 Å². The van der Waals surface area contributed by atoms with Crippen molar-refractivity contribution in [2.45, 2.75) is 157 Å². The van der Waals surface area contributed by atoms with Crippen LogP contribution in [0.5, 0.6) is 5.95 Å². The number of methoxy groups -OCH3 is 1. The summed E-state index contributed by atoms with van der Waals surface area (Å²) in [6.45, 7) is 18.7. The van der Waals surface area contributed by atoms with Crippen LogP contribution in [0.1, 0.15) is 129 Å². The van der Waals surface area contributed by atoms with Crippen LogP contribution in [0.15, 0.2) is 75.8 Å². The van der Waals surface area contributed by atoms with E-state index in [2.05, 4.69) is 0 Å². The van der Waals surface area contributed by atoms with Crippen molar-refractivity contribution in [1.29, 1.82) is 0 Å². The van der Waals surface area contributed by atoms with Gasteiger partial charge in [0.05, 0.1) is 36.7 Å². The van der Waals surface area contributed by atoms with Crippen LogP contribution in [-0.4, -0.2) is 89.7 Å². The molecule has 4 aliphatic rings. The molecule has 13 heteroatoms. The normalized spacial score (nSPS) is 31.3. The maximum Gasteiger partial charge on any atom is 0.339 e. The Morgan fingerprint density at radius 2 is 1.12 bits per heavy atom. The number of aliphatic hydroxyl groups is 2. The lowest BCUT2D eigenvalue weighted by Gasteiger charge is -2.22. The van der Waals surface area contributed by atoms with Crippen LogP contribution in [0.2, 0.25) is 0 Å². The van der Waals surface area contributed by atoms with E-state index in [0.29, 0.717) is 46.6 Å². The molecule has 2 N–H and O–H groups in total. The standard InChI is InChI=1S/C26H32O7.C25H30O6.2CH4/c1-14-10-11-19(27)24-20(32-26(4,5)33-24)9-7-8-17-18-13-22(29-6)31-21(18)12-15(2)23(17)25(28)30-16(14)3;1-14-9-10-19(26)23-20(30-25(4,5)31-23)8-6-7-18-17-11-12-28-21(17)13-15(2)22(18)24(27)29-16(14)3;;/h7-8,10-14,16,19-20,24,27H,9H2,1-6H3;6-7,9-14,16,19-20,23,26H,8H2,1-5H3;2*1H4/b8-7+,11-10-;7-6?,10-9-;;/t14-,16+,19?,20+,24-;14-,16+,19?,20+,23-;;/m11../s1/i;;2*1T. The Morgan fingerprint density at radius 1 is 0.667 bits per heavy atom. The lowest BCUT2D eigenvalue weighted by atomic mass is 9.95. The number of hydrogen-bond donors (Lipinski definition) is 2. The zero-order valence-electron chi connectivity index (χ0n) is 42.6. The molecule has 0 spiro atoms. The maximum absolute atomic E-state index is 13.3. The van der Waals surface area contributed by atoms with Gasteiger partial charge in [-0.3, -0.25) is 0 Å². The third-order valence-electron chi connectivity index (χ3n) is 12.4. The first-order valence-corrected chi connectivity index (χ1v) is 22.1. The third-order valence-corrected chi connectivity index (χ3v) is 12.4. The first-order chi connectivity index (χ1) is 32.3. The number of aryl methyl sites for hydroxylation is 2. The minimum atomic E-state index is -0.849. The Kier molecular flexibility index (Phi) is 15.5. The molecule has 8 rings (SSSR count). The summed E-state index contributed by atoms with van der Waals surface area (Å²) in [6.07, 6.45) is 13.3. The average Bonchev–Trinajstić information content (AvgIpc) is 4.08. The molecule has 2 saturated heterocycles. The molecule has 2 aromatic heterocycles. The van der Waals surface area contributed by atoms with Crippen molar-refractivity contribution in [3.05, 3.63) is 100 Å². The molecule has 360 valence electrons. The number of furan rings is 2. The second kappa shape index (κ2) is 20.9. The molecule has 4 aromatic rings. The predicted octanol–water partition coefficient (Wildman–Crippen LogP) is 10.8. The van der Waals surface area contributed by atoms with Gasteiger partial charge in [-0.15, -0.1) is 0 Å². The average molecular weight is 919 g/mol. The van der Waals surface area contributed by atoms with E-state index in [4.69, 9.17) is 44.7 Å². The van der Waals surface area contributed by atoms with E-state index < -0.39 is 48.1 Å². The molecule has 13 nitrogen and oxygen atoms in total. The van der Waals surface area contributed by atoms with Crippen molar-refractivity contribution in [2.24, 2.45) is 11.8 Å². The summed E-state index contributed by atoms with van der Waals surface area (Å²) in [5.74, 6) is -2.20. The molecule has 2 unspecified atom stereocenters. The van der Waals surface area contributed by atoms with Crippen molar-refractivity contribution >= 4 is 46.0 Å². The second-order valence-corrected chi connectivity index (χ2v) is 18.2. The molecule has 0 radical (unpaired) electrons. The fourth-order valence-corrected chi connectivity index (χ4v) is 8.67. The fourth-order valence-electron chi connectivity index (χ4n) is 8.67. The van der Waals surface area contributed by atoms with Crippen LogP contribution in [0, 0.1) is 25.7 Å². The minimum absolute atomic E-state index is 0.0905. The number of carbonyl (C=O) groups excluding carboxylic acids is 2. The lowest BCUT2D eigenvalue weighted by Crippen LogP contribution is -2.34. The van der Waals surface area contributed by atoms with E-state index in [1.54, 1.807) is 24.5 Å². The van der Waals surface area contributed by atoms with E-state index in [0.717, 1.165) is 27.5 Å². The SMILES string of the molecule is COc1cc2c3c(c(C)cc2o1)C(=O)O[C@@H](C)[C@H](C)/C=C\C(O)[C@H]1OC(C)(C)O[C@H]1C/C=C/3.Cc1cc2occc2c2c1C(=O)O[C@@H](C)[C@H](C)/C=C\C(O)[C@H]1OC(C)(C)O[C@H]1CC=C2.[3H]C.[3H]C. The Hall–Kier alpha value is -5.02. The number of hydrogen-bond acceptors (Lipinski definition) is 13. The molecule has 10 atom stereocenters. The van der Waals surface area contributed by atoms with E-state index >= 15 is 0 Å². The molecule has 66 heavy (non-hydrogen) atoms. The highest BCUT2D eigenvalue weighted by Gasteiger charge is 2.45. The lowest BCUT2D eigenvalue weighted by molar-refractivity contribution is -0.152. The van der Waals surface area contributed by atoms with Gasteiger partial charge in [0.15, 0.2) is 11.6 Å². The van der Waals surface area contributed by atoms with E-state index in [9.17, 15) is 19.8 Å². The smallest absolute Gasteiger partial charge is 0.339 e. The second-order valence-electron chi connectivity index (χ2n) is 18.2. The first-order valence-electron chi connectivity index (χ1n) is 24.1. The zero-order chi connectivity index (χ0) is 50.2. The van der Waals surface area contributed by atoms with Gasteiger partial charge in [-0.25, -0.2) is 9.59 Å². The van der Waals surface area contributed by atoms with Crippen LogP contribution in [0.4, 0.5) is 0 Å². The number of carbonyl (C=O) groups is 2. The third kappa shape index (κ3) is 11.2. The van der Waals surface area contributed by atoms with Gasteiger partial charge in [0.2, 0.25) is 0 Å². The Balaban J connectivity index is 0.000000237. The summed E-state index contributed by atoms with van der Waals surface area (Å²) in [6, 6.07) is 7.32. The summed E-state index contributed by atoms with van der Waals surface area (Å²) in [4.78, 5) is 26.4. The van der Waals surface area contributed by atoms with Gasteiger partial charge in [0, 0.05) is 37.0 Å². The number of rotatable bonds is 1. The number of aliphatic hydroxyl groups excluding tert-OH is 2. The van der Waals surface area contributed by atoms with Gasteiger partial charge < -0.3 is 52.2 Å². The molecule has 0 amide bonds. The van der Waals surface area contributed by atoms with E-state index in [-0.39, 0.29) is 36.1 Å². The molecule has 0 aliphatic carbocycles. The summed E-state index contributed by atoms with van der Waals surface area (Å²) in [7, 11) is 4.04. The zero-order valence-corrected chi connectivity index (χ0v) is 40.6. The Bertz CT molecular complexity index is 2480. The van der Waals surface area contributed by atoms with Crippen LogP contribution in [0.3, 0.4) is 0 Å². The first kappa shape index (κ1) is 48.9. The molecular formula is C53H70O13. The summed E-state index contributed by atoms with van der Waals surface area (Å²) in [5, 5.41) is 23.1. The number of ether oxygens (including phenoxy) is 7. The molecule has 2 fully saturated rings. The molecule has 2 aromatic carbocycles. The molecule has 0 saturated carbocycles. The molecule has 0 bridgehead atoms. The number of cyclic esters (lactones) is 2. The van der Waals surface area contributed by atoms with Gasteiger partial charge in [0.1, 0.15) is 47.8 Å². The topological polar surface area (TPSA) is 165 Å². The van der Waals surface area contributed by atoms with Crippen molar-refractivity contribution in [1.82, 2.24) is 0 Å². The monoisotopic (exact) mass is 918 g/mol. The summed E-state index contributed by atoms with van der Waals surface area (Å²) < 4.78 is 63.9. The van der Waals surface area contributed by atoms with Gasteiger partial charge in [-0.2, -0.15) is 0 Å². The predicted molar refractivity (Wildman–Crippen MR) is 255 cm³/mol. The van der Waals surface area contributed by atoms with E-state index in [1.165, 1.54) is 21.9 Å². The Morgan fingerprint density at radius 3 is 1.59 bits per heavy atom. The maximum atomic E-state index is 13.3. The summed E-state index contributed by atoms with van der Waals surface area (Å²) in [5.41, 5.74) is 5.37. The quantitative estimate of drug-likeness (QED) is 0.137. The molecular weight excluding hydrogens is 845 g/mol. The van der Waals surface area contributed by atoms with Crippen molar-refractivity contribution < 1.29 is 64.5 Å². The van der Waals surface area contributed by atoms with Crippen molar-refractivity contribution in [2.75, 3.05) is 7.11 Å². The number of fused-ring (bicyclic) bond motifs is 8. The largest absolute Gasteiger partial charge is 0.468 e. The van der Waals surface area contributed by atoms with Gasteiger partial charge >= 0.3 is 11.9 Å². The molecule has 4 aliphatic heterocycles. The fraction of sp³-hybridized carbons (Fsp3) is 0.509. The minimum Gasteiger partial charge on any atom is -0.468 e. The summed E-state index contributed by atoms with van der Waals surface area (Å²) >= 11 is 0. The molecule has 6 heterocycles. The highest BCUT2D eigenvalue weighted by Crippen LogP contribution is 2.37. The highest BCUT2D eigenvalue weighted by molar-refractivity contribution is 6.04. The van der Waals surface area contributed by atoms with Crippen LogP contribution in [0.25, 0.3) is 34.1 Å². The van der Waals surface area contributed by atoms with Crippen LogP contribution >= 0.6 is 0 Å². The Labute approximate surface area is 392 Å². The number of benzene rings is 2. The van der Waals surface area contributed by atoms with Crippen molar-refractivity contribution in [3.63, 3.8) is 0 Å².